The highest BCUT2D eigenvalue weighted by Crippen LogP contribution is 2.28. The maximum absolute atomic E-state index is 12.7. The van der Waals surface area contributed by atoms with Gasteiger partial charge in [-0.05, 0) is 60.2 Å². The van der Waals surface area contributed by atoms with Crippen LogP contribution < -0.4 is 0 Å². The van der Waals surface area contributed by atoms with E-state index >= 15 is 0 Å². The van der Waals surface area contributed by atoms with Crippen LogP contribution in [0.4, 0.5) is 0 Å². The fourth-order valence-electron chi connectivity index (χ4n) is 4.90. The van der Waals surface area contributed by atoms with E-state index in [0.29, 0.717) is 5.92 Å². The van der Waals surface area contributed by atoms with Crippen LogP contribution in [0.15, 0.2) is 78.9 Å². The molecule has 0 aliphatic carbocycles. The molecule has 0 unspecified atom stereocenters. The van der Waals surface area contributed by atoms with Gasteiger partial charge in [-0.1, -0.05) is 72.8 Å². The van der Waals surface area contributed by atoms with Crippen molar-refractivity contribution in [1.29, 1.82) is 0 Å². The first-order valence-electron chi connectivity index (χ1n) is 11.0. The lowest BCUT2D eigenvalue weighted by Gasteiger charge is -2.34. The summed E-state index contributed by atoms with van der Waals surface area (Å²) in [5.74, 6) is 0.814. The molecule has 3 aromatic rings. The Morgan fingerprint density at radius 2 is 1.43 bits per heavy atom. The minimum atomic E-state index is 0.213. The number of fused-ring (bicyclic) bond motifs is 1. The number of likely N-dealkylation sites (tertiary alicyclic amines) is 1. The van der Waals surface area contributed by atoms with E-state index in [2.05, 4.69) is 70.5 Å². The molecule has 0 radical (unpaired) electrons. The van der Waals surface area contributed by atoms with E-state index in [0.717, 1.165) is 51.1 Å². The second kappa shape index (κ2) is 8.45. The van der Waals surface area contributed by atoms with Crippen molar-refractivity contribution in [2.24, 2.45) is 5.92 Å². The molecule has 0 spiro atoms. The van der Waals surface area contributed by atoms with E-state index in [1.165, 1.54) is 22.3 Å². The van der Waals surface area contributed by atoms with Crippen LogP contribution in [0.3, 0.4) is 0 Å². The maximum Gasteiger partial charge on any atom is 0.254 e. The Kier molecular flexibility index (Phi) is 5.37. The standard InChI is InChI=1S/C27H28N2O/c30-27-26-13-7-5-11-24(26)20-29(27)18-21-14-16-28(17-15-21)19-23-10-4-6-12-25(23)22-8-2-1-3-9-22/h1-13,21H,14-20H2. The first kappa shape index (κ1) is 19.1. The molecule has 1 fully saturated rings. The summed E-state index contributed by atoms with van der Waals surface area (Å²) >= 11 is 0. The number of amides is 1. The van der Waals surface area contributed by atoms with Crippen LogP contribution in [0, 0.1) is 5.92 Å². The molecule has 1 amide bonds. The minimum Gasteiger partial charge on any atom is -0.334 e. The highest BCUT2D eigenvalue weighted by Gasteiger charge is 2.30. The van der Waals surface area contributed by atoms with Crippen molar-refractivity contribution in [3.63, 3.8) is 0 Å². The van der Waals surface area contributed by atoms with Crippen LogP contribution in [0.25, 0.3) is 11.1 Å². The smallest absolute Gasteiger partial charge is 0.254 e. The Morgan fingerprint density at radius 1 is 0.767 bits per heavy atom. The predicted octanol–water partition coefficient (Wildman–Crippen LogP) is 5.22. The van der Waals surface area contributed by atoms with Gasteiger partial charge in [-0.3, -0.25) is 9.69 Å². The highest BCUT2D eigenvalue weighted by molar-refractivity contribution is 5.98. The van der Waals surface area contributed by atoms with Crippen LogP contribution in [-0.4, -0.2) is 35.3 Å². The summed E-state index contributed by atoms with van der Waals surface area (Å²) in [6, 6.07) is 27.5. The summed E-state index contributed by atoms with van der Waals surface area (Å²) in [6.45, 7) is 4.86. The molecular formula is C27H28N2O. The lowest BCUT2D eigenvalue weighted by atomic mass is 9.94. The molecule has 3 heteroatoms. The molecular weight excluding hydrogens is 368 g/mol. The second-order valence-corrected chi connectivity index (χ2v) is 8.59. The second-order valence-electron chi connectivity index (χ2n) is 8.59. The molecule has 0 saturated carbocycles. The Bertz CT molecular complexity index is 1020. The van der Waals surface area contributed by atoms with Gasteiger partial charge in [0.2, 0.25) is 0 Å². The molecule has 0 atom stereocenters. The summed E-state index contributed by atoms with van der Waals surface area (Å²) in [7, 11) is 0. The molecule has 2 aliphatic rings. The predicted molar refractivity (Wildman–Crippen MR) is 121 cm³/mol. The van der Waals surface area contributed by atoms with Crippen molar-refractivity contribution >= 4 is 5.91 Å². The third kappa shape index (κ3) is 3.90. The van der Waals surface area contributed by atoms with E-state index in [1.807, 2.05) is 18.2 Å². The SMILES string of the molecule is O=C1c2ccccc2CN1CC1CCN(Cc2ccccc2-c2ccccc2)CC1. The van der Waals surface area contributed by atoms with Gasteiger partial charge >= 0.3 is 0 Å². The van der Waals surface area contributed by atoms with Gasteiger partial charge in [-0.2, -0.15) is 0 Å². The summed E-state index contributed by atoms with van der Waals surface area (Å²) in [5, 5.41) is 0. The van der Waals surface area contributed by atoms with Gasteiger partial charge in [-0.25, -0.2) is 0 Å². The number of carbonyl (C=O) groups excluding carboxylic acids is 1. The molecule has 0 bridgehead atoms. The van der Waals surface area contributed by atoms with Gasteiger partial charge in [-0.15, -0.1) is 0 Å². The zero-order valence-electron chi connectivity index (χ0n) is 17.3. The number of benzene rings is 3. The maximum atomic E-state index is 12.7. The molecule has 3 nitrogen and oxygen atoms in total. The van der Waals surface area contributed by atoms with Gasteiger partial charge in [0.1, 0.15) is 0 Å². The van der Waals surface area contributed by atoms with Crippen molar-refractivity contribution in [2.45, 2.75) is 25.9 Å². The highest BCUT2D eigenvalue weighted by atomic mass is 16.2. The summed E-state index contributed by atoms with van der Waals surface area (Å²) < 4.78 is 0. The summed E-state index contributed by atoms with van der Waals surface area (Å²) in [4.78, 5) is 17.3. The van der Waals surface area contributed by atoms with Gasteiger partial charge in [0.05, 0.1) is 0 Å². The van der Waals surface area contributed by atoms with E-state index < -0.39 is 0 Å². The van der Waals surface area contributed by atoms with Crippen LogP contribution in [0.5, 0.6) is 0 Å². The molecule has 2 aliphatic heterocycles. The van der Waals surface area contributed by atoms with E-state index in [-0.39, 0.29) is 5.91 Å². The summed E-state index contributed by atoms with van der Waals surface area (Å²) in [5.41, 5.74) is 6.09. The summed E-state index contributed by atoms with van der Waals surface area (Å²) in [6.07, 6.45) is 2.32. The zero-order chi connectivity index (χ0) is 20.3. The third-order valence-corrected chi connectivity index (χ3v) is 6.58. The van der Waals surface area contributed by atoms with Gasteiger partial charge in [0.25, 0.3) is 5.91 Å². The molecule has 0 aromatic heterocycles. The number of hydrogen-bond donors (Lipinski definition) is 0. The molecule has 5 rings (SSSR count). The van der Waals surface area contributed by atoms with Crippen molar-refractivity contribution in [1.82, 2.24) is 9.80 Å². The Labute approximate surface area is 178 Å². The number of hydrogen-bond acceptors (Lipinski definition) is 2. The van der Waals surface area contributed by atoms with Crippen molar-refractivity contribution in [3.8, 4) is 11.1 Å². The number of nitrogens with zero attached hydrogens (tertiary/aromatic N) is 2. The number of carbonyl (C=O) groups is 1. The fraction of sp³-hybridized carbons (Fsp3) is 0.296. The Hall–Kier alpha value is -2.91. The Morgan fingerprint density at radius 3 is 2.20 bits per heavy atom. The van der Waals surface area contributed by atoms with E-state index in [9.17, 15) is 4.79 Å². The molecule has 2 heterocycles. The Balaban J connectivity index is 1.19. The number of rotatable bonds is 5. The quantitative estimate of drug-likeness (QED) is 0.590. The van der Waals surface area contributed by atoms with E-state index in [1.54, 1.807) is 0 Å². The topological polar surface area (TPSA) is 23.6 Å². The molecule has 3 aromatic carbocycles. The normalized spacial score (nSPS) is 17.3. The van der Waals surface area contributed by atoms with Crippen molar-refractivity contribution in [2.75, 3.05) is 19.6 Å². The van der Waals surface area contributed by atoms with Crippen LogP contribution >= 0.6 is 0 Å². The first-order chi connectivity index (χ1) is 14.8. The van der Waals surface area contributed by atoms with Gasteiger partial charge in [0.15, 0.2) is 0 Å². The number of piperidine rings is 1. The fourth-order valence-corrected chi connectivity index (χ4v) is 4.90. The monoisotopic (exact) mass is 396 g/mol. The molecule has 0 N–H and O–H groups in total. The molecule has 1 saturated heterocycles. The lowest BCUT2D eigenvalue weighted by molar-refractivity contribution is 0.0711. The largest absolute Gasteiger partial charge is 0.334 e. The average Bonchev–Trinajstić information content (AvgIpc) is 3.11. The average molecular weight is 397 g/mol. The first-order valence-corrected chi connectivity index (χ1v) is 11.0. The van der Waals surface area contributed by atoms with Crippen LogP contribution in [-0.2, 0) is 13.1 Å². The van der Waals surface area contributed by atoms with E-state index in [4.69, 9.17) is 0 Å². The van der Waals surface area contributed by atoms with Crippen molar-refractivity contribution < 1.29 is 4.79 Å². The van der Waals surface area contributed by atoms with Crippen LogP contribution in [0.1, 0.15) is 34.3 Å². The molecule has 30 heavy (non-hydrogen) atoms. The minimum absolute atomic E-state index is 0.213. The lowest BCUT2D eigenvalue weighted by Crippen LogP contribution is -2.38. The zero-order valence-corrected chi connectivity index (χ0v) is 17.3. The van der Waals surface area contributed by atoms with Crippen LogP contribution in [0.2, 0.25) is 0 Å². The third-order valence-electron chi connectivity index (χ3n) is 6.58. The van der Waals surface area contributed by atoms with Gasteiger partial charge in [0, 0.05) is 25.2 Å². The van der Waals surface area contributed by atoms with Gasteiger partial charge < -0.3 is 4.90 Å². The molecule has 152 valence electrons. The van der Waals surface area contributed by atoms with Crippen molar-refractivity contribution in [3.05, 3.63) is 95.6 Å².